The van der Waals surface area contributed by atoms with Crippen LogP contribution in [0.5, 0.6) is 0 Å². The molecule has 4 N–H and O–H groups in total. The smallest absolute Gasteiger partial charge is 0.183 e. The molecular formula is C4H8N4O2. The zero-order valence-corrected chi connectivity index (χ0v) is 5.20. The molecule has 0 aromatic rings. The van der Waals surface area contributed by atoms with Gasteiger partial charge in [-0.05, 0) is 0 Å². The van der Waals surface area contributed by atoms with Crippen molar-refractivity contribution in [2.24, 2.45) is 10.1 Å². The lowest BCUT2D eigenvalue weighted by atomic mass is 10.4. The molecule has 1 aliphatic rings. The van der Waals surface area contributed by atoms with E-state index in [1.807, 2.05) is 5.48 Å². The van der Waals surface area contributed by atoms with Crippen LogP contribution in [0.1, 0.15) is 0 Å². The predicted molar refractivity (Wildman–Crippen MR) is 34.4 cm³/mol. The molecule has 1 aliphatic heterocycles. The average molecular weight is 144 g/mol. The van der Waals surface area contributed by atoms with Crippen LogP contribution in [0.3, 0.4) is 0 Å². The van der Waals surface area contributed by atoms with Gasteiger partial charge in [-0.1, -0.05) is 5.16 Å². The first-order valence-corrected chi connectivity index (χ1v) is 2.76. The number of rotatable bonds is 0. The van der Waals surface area contributed by atoms with Crippen LogP contribution in [0.15, 0.2) is 10.1 Å². The summed E-state index contributed by atoms with van der Waals surface area (Å²) in [6.45, 7) is 0.872. The Hall–Kier alpha value is -1.14. The highest BCUT2D eigenvalue weighted by atomic mass is 16.5. The van der Waals surface area contributed by atoms with E-state index in [4.69, 9.17) is 10.4 Å². The maximum atomic E-state index is 8.35. The second-order valence-electron chi connectivity index (χ2n) is 1.79. The maximum Gasteiger partial charge on any atom is 0.183 e. The summed E-state index contributed by atoms with van der Waals surface area (Å²) in [4.78, 5) is 3.71. The molecule has 0 atom stereocenters. The molecule has 6 nitrogen and oxygen atoms in total. The first kappa shape index (κ1) is 6.97. The van der Waals surface area contributed by atoms with E-state index in [-0.39, 0.29) is 5.84 Å². The molecule has 0 aromatic carbocycles. The van der Waals surface area contributed by atoms with Gasteiger partial charge >= 0.3 is 0 Å². The number of nitrogens with one attached hydrogen (secondary N) is 2. The molecule has 0 saturated heterocycles. The van der Waals surface area contributed by atoms with E-state index in [0.717, 1.165) is 0 Å². The summed E-state index contributed by atoms with van der Waals surface area (Å²) < 4.78 is 0. The zero-order valence-electron chi connectivity index (χ0n) is 5.20. The van der Waals surface area contributed by atoms with E-state index in [9.17, 15) is 0 Å². The number of hydrogen-bond acceptors (Lipinski definition) is 5. The van der Waals surface area contributed by atoms with Crippen molar-refractivity contribution < 1.29 is 10.4 Å². The number of nitrogens with zero attached hydrogens (tertiary/aromatic N) is 2. The van der Waals surface area contributed by atoms with Crippen LogP contribution in [0.25, 0.3) is 0 Å². The summed E-state index contributed by atoms with van der Waals surface area (Å²) >= 11 is 0. The second kappa shape index (κ2) is 3.14. The second-order valence-corrected chi connectivity index (χ2v) is 1.79. The molecule has 0 aliphatic carbocycles. The standard InChI is InChI=1S/C4H8N4O2/c9-7-3-1-5-2-4(6-3)8-10/h5,9-10H,1-2H2,(H,6,7,8). The third-order valence-corrected chi connectivity index (χ3v) is 1.08. The summed E-state index contributed by atoms with van der Waals surface area (Å²) in [6, 6.07) is 0. The molecule has 0 fully saturated rings. The van der Waals surface area contributed by atoms with Crippen LogP contribution in [0, 0.1) is 0 Å². The molecule has 0 radical (unpaired) electrons. The van der Waals surface area contributed by atoms with Crippen LogP contribution >= 0.6 is 0 Å². The van der Waals surface area contributed by atoms with Gasteiger partial charge in [0, 0.05) is 0 Å². The van der Waals surface area contributed by atoms with Gasteiger partial charge in [-0.3, -0.25) is 10.7 Å². The molecule has 0 aromatic heterocycles. The van der Waals surface area contributed by atoms with Crippen LogP contribution in [0.4, 0.5) is 0 Å². The quantitative estimate of drug-likeness (QED) is 0.253. The van der Waals surface area contributed by atoms with E-state index in [1.54, 1.807) is 0 Å². The number of oxime groups is 1. The first-order chi connectivity index (χ1) is 4.86. The van der Waals surface area contributed by atoms with E-state index in [0.29, 0.717) is 18.9 Å². The normalized spacial score (nSPS) is 22.5. The van der Waals surface area contributed by atoms with Crippen molar-refractivity contribution in [3.8, 4) is 0 Å². The Bertz CT molecular complexity index is 176. The largest absolute Gasteiger partial charge is 0.409 e. The van der Waals surface area contributed by atoms with Gasteiger partial charge in [-0.15, -0.1) is 0 Å². The summed E-state index contributed by atoms with van der Waals surface area (Å²) in [7, 11) is 0. The zero-order chi connectivity index (χ0) is 7.40. The van der Waals surface area contributed by atoms with Crippen LogP contribution < -0.4 is 10.8 Å². The third kappa shape index (κ3) is 1.42. The monoisotopic (exact) mass is 144 g/mol. The van der Waals surface area contributed by atoms with E-state index in [1.165, 1.54) is 0 Å². The van der Waals surface area contributed by atoms with Crippen LogP contribution in [-0.2, 0) is 0 Å². The minimum absolute atomic E-state index is 0.253. The van der Waals surface area contributed by atoms with Crippen molar-refractivity contribution in [3.05, 3.63) is 0 Å². The van der Waals surface area contributed by atoms with Crippen molar-refractivity contribution in [2.45, 2.75) is 0 Å². The minimum Gasteiger partial charge on any atom is -0.409 e. The SMILES string of the molecule is O/N=C1/CNCC(NO)=N1. The fourth-order valence-corrected chi connectivity index (χ4v) is 0.650. The summed E-state index contributed by atoms with van der Waals surface area (Å²) in [5, 5.41) is 22.3. The molecular weight excluding hydrogens is 136 g/mol. The van der Waals surface area contributed by atoms with Crippen LogP contribution in [0.2, 0.25) is 0 Å². The lowest BCUT2D eigenvalue weighted by Crippen LogP contribution is -2.40. The van der Waals surface area contributed by atoms with E-state index in [2.05, 4.69) is 15.5 Å². The van der Waals surface area contributed by atoms with Gasteiger partial charge in [-0.25, -0.2) is 4.99 Å². The highest BCUT2D eigenvalue weighted by Crippen LogP contribution is 1.85. The number of amidine groups is 2. The van der Waals surface area contributed by atoms with Gasteiger partial charge in [0.1, 0.15) is 5.84 Å². The Morgan fingerprint density at radius 2 is 2.40 bits per heavy atom. The van der Waals surface area contributed by atoms with Crippen molar-refractivity contribution in [2.75, 3.05) is 13.1 Å². The fraction of sp³-hybridized carbons (Fsp3) is 0.500. The van der Waals surface area contributed by atoms with Crippen molar-refractivity contribution in [1.29, 1.82) is 0 Å². The Kier molecular flexibility index (Phi) is 2.19. The van der Waals surface area contributed by atoms with Gasteiger partial charge in [0.2, 0.25) is 0 Å². The van der Waals surface area contributed by atoms with E-state index >= 15 is 0 Å². The minimum atomic E-state index is 0.253. The number of hydroxylamine groups is 1. The summed E-state index contributed by atoms with van der Waals surface area (Å²) in [5.41, 5.74) is 1.86. The predicted octanol–water partition coefficient (Wildman–Crippen LogP) is -1.25. The van der Waals surface area contributed by atoms with Gasteiger partial charge in [0.15, 0.2) is 5.84 Å². The molecule has 0 spiro atoms. The van der Waals surface area contributed by atoms with Gasteiger partial charge in [-0.2, -0.15) is 0 Å². The molecule has 0 bridgehead atoms. The lowest BCUT2D eigenvalue weighted by Gasteiger charge is -2.11. The van der Waals surface area contributed by atoms with Crippen LogP contribution in [-0.4, -0.2) is 35.2 Å². The molecule has 10 heavy (non-hydrogen) atoms. The molecule has 0 amide bonds. The van der Waals surface area contributed by atoms with Crippen molar-refractivity contribution in [3.63, 3.8) is 0 Å². The summed E-state index contributed by atoms with van der Waals surface area (Å²) in [5.74, 6) is 0.599. The van der Waals surface area contributed by atoms with Gasteiger partial charge < -0.3 is 10.5 Å². The van der Waals surface area contributed by atoms with Gasteiger partial charge in [0.25, 0.3) is 0 Å². The Morgan fingerprint density at radius 3 is 3.00 bits per heavy atom. The molecule has 0 unspecified atom stereocenters. The molecule has 0 saturated carbocycles. The highest BCUT2D eigenvalue weighted by Gasteiger charge is 2.07. The number of aliphatic imine (C=N–C) groups is 1. The topological polar surface area (TPSA) is 89.2 Å². The number of hydrogen-bond donors (Lipinski definition) is 4. The fourth-order valence-electron chi connectivity index (χ4n) is 0.650. The van der Waals surface area contributed by atoms with Gasteiger partial charge in [0.05, 0.1) is 13.1 Å². The highest BCUT2D eigenvalue weighted by molar-refractivity contribution is 6.00. The van der Waals surface area contributed by atoms with Crippen molar-refractivity contribution >= 4 is 11.7 Å². The molecule has 1 rings (SSSR count). The Labute approximate surface area is 57.2 Å². The maximum absolute atomic E-state index is 8.35. The third-order valence-electron chi connectivity index (χ3n) is 1.08. The van der Waals surface area contributed by atoms with E-state index < -0.39 is 0 Å². The van der Waals surface area contributed by atoms with Crippen molar-refractivity contribution in [1.82, 2.24) is 10.8 Å². The first-order valence-electron chi connectivity index (χ1n) is 2.76. The molecule has 56 valence electrons. The molecule has 6 heteroatoms. The average Bonchev–Trinajstić information content (AvgIpc) is 2.05. The molecule has 1 heterocycles. The Morgan fingerprint density at radius 1 is 1.60 bits per heavy atom. The lowest BCUT2D eigenvalue weighted by molar-refractivity contribution is 0.232. The summed E-state index contributed by atoms with van der Waals surface area (Å²) in [6.07, 6.45) is 0. The Balaban J connectivity index is 2.66.